The molecule has 1 aliphatic heterocycles. The monoisotopic (exact) mass is 320 g/mol. The molecule has 0 aliphatic carbocycles. The van der Waals surface area contributed by atoms with E-state index in [0.717, 1.165) is 6.07 Å². The second-order valence-electron chi connectivity index (χ2n) is 5.54. The number of aliphatic hydroxyl groups is 1. The Kier molecular flexibility index (Phi) is 4.88. The molecular formula is C13H19F3N4O2. The molecule has 0 amide bonds. The third-order valence-electron chi connectivity index (χ3n) is 4.01. The molecule has 1 aliphatic rings. The van der Waals surface area contributed by atoms with Crippen LogP contribution in [0.2, 0.25) is 0 Å². The van der Waals surface area contributed by atoms with Crippen LogP contribution in [0.3, 0.4) is 0 Å². The van der Waals surface area contributed by atoms with Crippen LogP contribution >= 0.6 is 0 Å². The maximum Gasteiger partial charge on any atom is 0.418 e. The van der Waals surface area contributed by atoms with Crippen LogP contribution in [0.1, 0.15) is 12.5 Å². The highest BCUT2D eigenvalue weighted by atomic mass is 19.4. The van der Waals surface area contributed by atoms with Gasteiger partial charge in [0.05, 0.1) is 37.1 Å². The lowest BCUT2D eigenvalue weighted by atomic mass is 9.96. The number of anilines is 1. The molecule has 1 aromatic heterocycles. The average Bonchev–Trinajstić information content (AvgIpc) is 2.49. The number of alkyl halides is 3. The number of morpholine rings is 1. The fourth-order valence-electron chi connectivity index (χ4n) is 2.35. The van der Waals surface area contributed by atoms with Crippen LogP contribution < -0.4 is 5.32 Å². The van der Waals surface area contributed by atoms with Crippen LogP contribution in [0.5, 0.6) is 0 Å². The Morgan fingerprint density at radius 3 is 2.91 bits per heavy atom. The number of aromatic nitrogens is 2. The smallest absolute Gasteiger partial charge is 0.394 e. The first-order chi connectivity index (χ1) is 10.3. The largest absolute Gasteiger partial charge is 0.418 e. The van der Waals surface area contributed by atoms with Crippen molar-refractivity contribution < 1.29 is 23.0 Å². The number of ether oxygens (including phenoxy) is 1. The minimum absolute atomic E-state index is 0.00859. The van der Waals surface area contributed by atoms with Gasteiger partial charge in [-0.05, 0) is 20.0 Å². The minimum Gasteiger partial charge on any atom is -0.394 e. The van der Waals surface area contributed by atoms with Gasteiger partial charge < -0.3 is 15.2 Å². The summed E-state index contributed by atoms with van der Waals surface area (Å²) < 4.78 is 43.4. The summed E-state index contributed by atoms with van der Waals surface area (Å²) in [7, 11) is 1.85. The van der Waals surface area contributed by atoms with Crippen LogP contribution in [-0.4, -0.2) is 65.2 Å². The molecule has 1 fully saturated rings. The molecule has 22 heavy (non-hydrogen) atoms. The Hall–Kier alpha value is -1.45. The Balaban J connectivity index is 2.11. The van der Waals surface area contributed by atoms with E-state index in [1.165, 1.54) is 0 Å². The summed E-state index contributed by atoms with van der Waals surface area (Å²) in [6.07, 6.45) is -3.80. The number of rotatable bonds is 4. The zero-order valence-electron chi connectivity index (χ0n) is 12.4. The van der Waals surface area contributed by atoms with Crippen molar-refractivity contribution in [2.45, 2.75) is 24.7 Å². The lowest BCUT2D eigenvalue weighted by Gasteiger charge is -2.47. The molecule has 2 N–H and O–H groups in total. The quantitative estimate of drug-likeness (QED) is 0.862. The fraction of sp³-hybridized carbons (Fsp3) is 0.692. The van der Waals surface area contributed by atoms with Crippen molar-refractivity contribution in [1.29, 1.82) is 0 Å². The van der Waals surface area contributed by atoms with Crippen molar-refractivity contribution in [1.82, 2.24) is 15.1 Å². The maximum absolute atomic E-state index is 12.7. The van der Waals surface area contributed by atoms with Crippen LogP contribution in [0.15, 0.2) is 12.3 Å². The van der Waals surface area contributed by atoms with Crippen LogP contribution in [0.4, 0.5) is 19.0 Å². The third-order valence-corrected chi connectivity index (χ3v) is 4.01. The number of nitrogens with one attached hydrogen (secondary N) is 1. The summed E-state index contributed by atoms with van der Waals surface area (Å²) in [6, 6.07) is 0.987. The number of hydrogen-bond acceptors (Lipinski definition) is 6. The van der Waals surface area contributed by atoms with Gasteiger partial charge in [-0.15, -0.1) is 5.10 Å². The number of likely N-dealkylation sites (N-methyl/N-ethyl adjacent to an activating group) is 1. The summed E-state index contributed by atoms with van der Waals surface area (Å²) in [5, 5.41) is 19.5. The van der Waals surface area contributed by atoms with Gasteiger partial charge in [-0.3, -0.25) is 4.90 Å². The molecule has 2 rings (SSSR count). The van der Waals surface area contributed by atoms with Crippen molar-refractivity contribution in [3.8, 4) is 0 Å². The first-order valence-corrected chi connectivity index (χ1v) is 6.84. The molecule has 0 unspecified atom stereocenters. The molecule has 0 radical (unpaired) electrons. The lowest BCUT2D eigenvalue weighted by Crippen LogP contribution is -2.64. The van der Waals surface area contributed by atoms with Gasteiger partial charge in [-0.2, -0.15) is 18.3 Å². The minimum atomic E-state index is -4.47. The van der Waals surface area contributed by atoms with E-state index >= 15 is 0 Å². The molecule has 9 heteroatoms. The van der Waals surface area contributed by atoms with Gasteiger partial charge in [0.1, 0.15) is 5.82 Å². The van der Waals surface area contributed by atoms with E-state index in [4.69, 9.17) is 4.74 Å². The fourth-order valence-corrected chi connectivity index (χ4v) is 2.35. The van der Waals surface area contributed by atoms with Gasteiger partial charge in [-0.25, -0.2) is 0 Å². The van der Waals surface area contributed by atoms with Gasteiger partial charge in [0.2, 0.25) is 0 Å². The standard InChI is InChI=1S/C13H19F3N4O2/c1-9-5-22-8-12(7-21,20(9)2)6-17-11-3-10(4-18-19-11)13(14,15)16/h3-4,9,21H,5-8H2,1-2H3,(H,17,19)/t9-,12+/m1/s1. The first-order valence-electron chi connectivity index (χ1n) is 6.84. The topological polar surface area (TPSA) is 70.5 Å². The van der Waals surface area contributed by atoms with E-state index in [9.17, 15) is 18.3 Å². The van der Waals surface area contributed by atoms with E-state index in [1.807, 2.05) is 18.9 Å². The molecule has 0 saturated carbocycles. The Morgan fingerprint density at radius 1 is 1.55 bits per heavy atom. The first kappa shape index (κ1) is 16.9. The lowest BCUT2D eigenvalue weighted by molar-refractivity contribution is -0.137. The predicted octanol–water partition coefficient (Wildman–Crippen LogP) is 0.989. The van der Waals surface area contributed by atoms with Gasteiger partial charge in [0, 0.05) is 12.6 Å². The van der Waals surface area contributed by atoms with Crippen molar-refractivity contribution in [3.63, 3.8) is 0 Å². The van der Waals surface area contributed by atoms with E-state index in [2.05, 4.69) is 15.5 Å². The molecule has 1 saturated heterocycles. The van der Waals surface area contributed by atoms with E-state index in [0.29, 0.717) is 12.8 Å². The van der Waals surface area contributed by atoms with Gasteiger partial charge in [0.15, 0.2) is 0 Å². The number of halogens is 3. The molecule has 2 atom stereocenters. The summed E-state index contributed by atoms with van der Waals surface area (Å²) in [5.74, 6) is 0.00859. The summed E-state index contributed by atoms with van der Waals surface area (Å²) in [5.41, 5.74) is -1.59. The normalized spacial score (nSPS) is 26.9. The van der Waals surface area contributed by atoms with Crippen molar-refractivity contribution in [2.75, 3.05) is 38.7 Å². The highest BCUT2D eigenvalue weighted by molar-refractivity contribution is 5.37. The highest BCUT2D eigenvalue weighted by Crippen LogP contribution is 2.29. The molecule has 124 valence electrons. The molecule has 0 spiro atoms. The van der Waals surface area contributed by atoms with Crippen LogP contribution in [0.25, 0.3) is 0 Å². The van der Waals surface area contributed by atoms with Crippen molar-refractivity contribution in [3.05, 3.63) is 17.8 Å². The van der Waals surface area contributed by atoms with Gasteiger partial charge >= 0.3 is 6.18 Å². The SMILES string of the molecule is C[C@@H]1COC[C@@](CO)(CNc2cc(C(F)(F)F)cnn2)N1C. The predicted molar refractivity (Wildman–Crippen MR) is 73.4 cm³/mol. The average molecular weight is 320 g/mol. The van der Waals surface area contributed by atoms with Gasteiger partial charge in [-0.1, -0.05) is 0 Å². The van der Waals surface area contributed by atoms with E-state index in [1.54, 1.807) is 0 Å². The van der Waals surface area contributed by atoms with Crippen molar-refractivity contribution in [2.24, 2.45) is 0 Å². The second kappa shape index (κ2) is 6.35. The Bertz CT molecular complexity index is 514. The Labute approximate surface area is 126 Å². The van der Waals surface area contributed by atoms with E-state index in [-0.39, 0.29) is 31.6 Å². The summed E-state index contributed by atoms with van der Waals surface area (Å²) in [4.78, 5) is 1.96. The molecule has 0 bridgehead atoms. The number of aliphatic hydroxyl groups excluding tert-OH is 1. The van der Waals surface area contributed by atoms with E-state index < -0.39 is 17.3 Å². The third kappa shape index (κ3) is 3.47. The molecule has 2 heterocycles. The number of hydrogen-bond donors (Lipinski definition) is 2. The molecule has 1 aromatic rings. The summed E-state index contributed by atoms with van der Waals surface area (Å²) in [6.45, 7) is 2.78. The number of nitrogens with zero attached hydrogens (tertiary/aromatic N) is 3. The molecule has 0 aromatic carbocycles. The zero-order chi connectivity index (χ0) is 16.4. The maximum atomic E-state index is 12.7. The van der Waals surface area contributed by atoms with Crippen molar-refractivity contribution >= 4 is 5.82 Å². The Morgan fingerprint density at radius 2 is 2.27 bits per heavy atom. The highest BCUT2D eigenvalue weighted by Gasteiger charge is 2.40. The van der Waals surface area contributed by atoms with Crippen LogP contribution in [0, 0.1) is 0 Å². The second-order valence-corrected chi connectivity index (χ2v) is 5.54. The molecule has 6 nitrogen and oxygen atoms in total. The van der Waals surface area contributed by atoms with Gasteiger partial charge in [0.25, 0.3) is 0 Å². The zero-order valence-corrected chi connectivity index (χ0v) is 12.4. The molecular weight excluding hydrogens is 301 g/mol. The summed E-state index contributed by atoms with van der Waals surface area (Å²) >= 11 is 0. The van der Waals surface area contributed by atoms with Crippen LogP contribution in [-0.2, 0) is 10.9 Å².